The van der Waals surface area contributed by atoms with Crippen molar-refractivity contribution in [2.75, 3.05) is 20.3 Å². The molecule has 15 nitrogen and oxygen atoms in total. The molecule has 1 saturated heterocycles. The number of phenolic OH excluding ortho intramolecular Hbond substituents is 2. The molecule has 2 aliphatic carbocycles. The fraction of sp³-hybridized carbons (Fsp3) is 0.585. The van der Waals surface area contributed by atoms with Crippen LogP contribution < -0.4 is 15.8 Å². The second-order valence-corrected chi connectivity index (χ2v) is 15.0. The van der Waals surface area contributed by atoms with Gasteiger partial charge in [-0.25, -0.2) is 0 Å². The summed E-state index contributed by atoms with van der Waals surface area (Å²) in [6.07, 6.45) is 2.89. The summed E-state index contributed by atoms with van der Waals surface area (Å²) in [5.41, 5.74) is 2.09. The molecule has 1 amide bonds. The fourth-order valence-corrected chi connectivity index (χ4v) is 7.75. The first-order valence-electron chi connectivity index (χ1n) is 19.5. The molecule has 0 aromatic heterocycles. The maximum atomic E-state index is 13.9. The van der Waals surface area contributed by atoms with Crippen molar-refractivity contribution in [2.24, 2.45) is 5.73 Å². The standard InChI is InChI=1S/C41H54N2O13/c1-4-5-6-7-8-9-10-11-17-43-29(45)15-16-30(46)54-21-28(44)41(52)19-24-33(27(20-41)56-31-18-25(42)36(47)22(2)55-31)40(51)35-34(38(24)49)37(48)23-13-12-14-26(53-3)32(23)39(35)50/h12-14,22,25,27,31,36,47,49,51-52H,4-11,15-21,42H2,1-3H3,(H,43,45)/t22-,25-,27-,31-,36+,41-/m0/s1. The van der Waals surface area contributed by atoms with Gasteiger partial charge >= 0.3 is 5.97 Å². The van der Waals surface area contributed by atoms with E-state index >= 15 is 0 Å². The number of benzene rings is 2. The lowest BCUT2D eigenvalue weighted by Crippen LogP contribution is -2.53. The van der Waals surface area contributed by atoms with Crippen LogP contribution in [0.3, 0.4) is 0 Å². The molecule has 3 aliphatic rings. The minimum absolute atomic E-state index is 0.0340. The Bertz CT molecular complexity index is 1800. The number of aliphatic hydroxyl groups excluding tert-OH is 1. The highest BCUT2D eigenvalue weighted by atomic mass is 16.7. The van der Waals surface area contributed by atoms with Crippen molar-refractivity contribution in [3.05, 3.63) is 51.6 Å². The summed E-state index contributed by atoms with van der Waals surface area (Å²) in [5.74, 6) is -5.16. The fourth-order valence-electron chi connectivity index (χ4n) is 7.75. The zero-order valence-electron chi connectivity index (χ0n) is 32.3. The van der Waals surface area contributed by atoms with Gasteiger partial charge in [-0.3, -0.25) is 24.0 Å². The van der Waals surface area contributed by atoms with Crippen molar-refractivity contribution >= 4 is 29.2 Å². The molecule has 2 aromatic carbocycles. The second-order valence-electron chi connectivity index (χ2n) is 15.0. The van der Waals surface area contributed by atoms with E-state index in [4.69, 9.17) is 24.7 Å². The molecular formula is C41H54N2O13. The third kappa shape index (κ3) is 9.24. The van der Waals surface area contributed by atoms with E-state index in [1.54, 1.807) is 6.92 Å². The SMILES string of the molecule is CCCCCCCCCCNC(=O)CCC(=O)OCC(=O)[C@]1(O)Cc2c(O)c3c(c(O)c2[C@@H](O[C@H]2C[C@H](N)[C@H](O)[C@H](C)O2)C1)C(=O)c1c(OC)cccc1C3=O. The normalized spacial score (nSPS) is 24.1. The number of ether oxygens (including phenoxy) is 4. The highest BCUT2D eigenvalue weighted by Gasteiger charge is 2.50. The number of aliphatic hydroxyl groups is 2. The Morgan fingerprint density at radius 2 is 1.64 bits per heavy atom. The number of phenols is 2. The van der Waals surface area contributed by atoms with E-state index in [-0.39, 0.29) is 53.2 Å². The Labute approximate surface area is 325 Å². The van der Waals surface area contributed by atoms with Crippen molar-refractivity contribution in [3.8, 4) is 17.2 Å². The van der Waals surface area contributed by atoms with E-state index in [0.717, 1.165) is 19.3 Å². The minimum atomic E-state index is -2.38. The molecule has 0 saturated carbocycles. The van der Waals surface area contributed by atoms with Crippen LogP contribution in [-0.2, 0) is 35.0 Å². The smallest absolute Gasteiger partial charge is 0.306 e. The molecule has 0 bridgehead atoms. The predicted molar refractivity (Wildman–Crippen MR) is 200 cm³/mol. The van der Waals surface area contributed by atoms with Crippen molar-refractivity contribution in [3.63, 3.8) is 0 Å². The number of nitrogens with two attached hydrogens (primary N) is 1. The van der Waals surface area contributed by atoms with E-state index < -0.39 is 102 Å². The van der Waals surface area contributed by atoms with Crippen LogP contribution in [0.5, 0.6) is 17.2 Å². The molecule has 56 heavy (non-hydrogen) atoms. The molecule has 15 heteroatoms. The van der Waals surface area contributed by atoms with E-state index in [1.807, 2.05) is 0 Å². The third-order valence-electron chi connectivity index (χ3n) is 10.9. The molecule has 7 N–H and O–H groups in total. The maximum absolute atomic E-state index is 13.9. The van der Waals surface area contributed by atoms with Gasteiger partial charge < -0.3 is 50.4 Å². The molecule has 5 rings (SSSR count). The Morgan fingerprint density at radius 3 is 2.32 bits per heavy atom. The number of ketones is 3. The average molecular weight is 783 g/mol. The molecule has 2 aromatic rings. The van der Waals surface area contributed by atoms with Gasteiger partial charge in [0.15, 0.2) is 18.7 Å². The Hall–Kier alpha value is -4.41. The second kappa shape index (κ2) is 18.7. The lowest BCUT2D eigenvalue weighted by atomic mass is 9.72. The van der Waals surface area contributed by atoms with Crippen molar-refractivity contribution < 1.29 is 63.3 Å². The topological polar surface area (TPSA) is 241 Å². The summed E-state index contributed by atoms with van der Waals surface area (Å²) in [4.78, 5) is 66.3. The lowest BCUT2D eigenvalue weighted by Gasteiger charge is -2.42. The number of unbranched alkanes of at least 4 members (excludes halogenated alkanes) is 7. The molecule has 306 valence electrons. The number of rotatable bonds is 18. The molecule has 1 fully saturated rings. The predicted octanol–water partition coefficient (Wildman–Crippen LogP) is 3.59. The van der Waals surface area contributed by atoms with E-state index in [0.29, 0.717) is 6.54 Å². The third-order valence-corrected chi connectivity index (χ3v) is 10.9. The zero-order chi connectivity index (χ0) is 40.7. The van der Waals surface area contributed by atoms with E-state index in [9.17, 15) is 44.4 Å². The molecule has 6 atom stereocenters. The van der Waals surface area contributed by atoms with Gasteiger partial charge in [0.05, 0.1) is 48.5 Å². The van der Waals surface area contributed by atoms with E-state index in [2.05, 4.69) is 12.2 Å². The van der Waals surface area contributed by atoms with Gasteiger partial charge in [-0.15, -0.1) is 0 Å². The molecular weight excluding hydrogens is 728 g/mol. The van der Waals surface area contributed by atoms with Crippen LogP contribution in [0, 0.1) is 0 Å². The average Bonchev–Trinajstić information content (AvgIpc) is 3.17. The van der Waals surface area contributed by atoms with Crippen molar-refractivity contribution in [1.82, 2.24) is 5.32 Å². The minimum Gasteiger partial charge on any atom is -0.507 e. The highest BCUT2D eigenvalue weighted by molar-refractivity contribution is 6.31. The Balaban J connectivity index is 1.30. The number of aromatic hydroxyl groups is 2. The van der Waals surface area contributed by atoms with Crippen LogP contribution >= 0.6 is 0 Å². The van der Waals surface area contributed by atoms with Gasteiger partial charge in [0.2, 0.25) is 17.5 Å². The Kier molecular flexibility index (Phi) is 14.3. The number of hydrogen-bond donors (Lipinski definition) is 6. The molecule has 1 heterocycles. The number of amides is 1. The number of carbonyl (C=O) groups is 5. The number of Topliss-reactive ketones (excluding diaryl/α,β-unsaturated/α-hetero) is 1. The van der Waals surface area contributed by atoms with E-state index in [1.165, 1.54) is 57.4 Å². The summed E-state index contributed by atoms with van der Waals surface area (Å²) in [5, 5.41) is 48.5. The summed E-state index contributed by atoms with van der Waals surface area (Å²) in [6, 6.07) is 3.55. The van der Waals surface area contributed by atoms with Gasteiger partial charge in [-0.05, 0) is 19.4 Å². The van der Waals surface area contributed by atoms with Crippen LogP contribution in [0.2, 0.25) is 0 Å². The lowest BCUT2D eigenvalue weighted by molar-refractivity contribution is -0.247. The first-order valence-corrected chi connectivity index (χ1v) is 19.5. The zero-order valence-corrected chi connectivity index (χ0v) is 32.3. The van der Waals surface area contributed by atoms with Crippen LogP contribution in [0.25, 0.3) is 0 Å². The van der Waals surface area contributed by atoms with Gasteiger partial charge in [0, 0.05) is 55.0 Å². The van der Waals surface area contributed by atoms with Gasteiger partial charge in [-0.1, -0.05) is 64.0 Å². The first-order chi connectivity index (χ1) is 26.7. The first kappa shape index (κ1) is 42.7. The largest absolute Gasteiger partial charge is 0.507 e. The molecule has 0 spiro atoms. The van der Waals surface area contributed by atoms with Crippen LogP contribution in [0.1, 0.15) is 140 Å². The number of nitrogens with one attached hydrogen (secondary N) is 1. The van der Waals surface area contributed by atoms with Gasteiger partial charge in [0.1, 0.15) is 22.8 Å². The number of carbonyl (C=O) groups excluding carboxylic acids is 5. The Morgan fingerprint density at radius 1 is 0.964 bits per heavy atom. The summed E-state index contributed by atoms with van der Waals surface area (Å²) < 4.78 is 22.5. The number of hydrogen-bond acceptors (Lipinski definition) is 14. The van der Waals surface area contributed by atoms with Gasteiger partial charge in [-0.2, -0.15) is 0 Å². The summed E-state index contributed by atoms with van der Waals surface area (Å²) in [7, 11) is 1.31. The number of fused-ring (bicyclic) bond motifs is 3. The number of methoxy groups -OCH3 is 1. The molecule has 0 unspecified atom stereocenters. The van der Waals surface area contributed by atoms with Crippen LogP contribution in [0.15, 0.2) is 18.2 Å². The van der Waals surface area contributed by atoms with Gasteiger partial charge in [0.25, 0.3) is 0 Å². The molecule has 1 aliphatic heterocycles. The van der Waals surface area contributed by atoms with Crippen LogP contribution in [-0.4, -0.2) is 100 Å². The van der Waals surface area contributed by atoms with Crippen molar-refractivity contribution in [2.45, 2.75) is 134 Å². The monoisotopic (exact) mass is 782 g/mol. The number of esters is 1. The van der Waals surface area contributed by atoms with Crippen molar-refractivity contribution in [1.29, 1.82) is 0 Å². The summed E-state index contributed by atoms with van der Waals surface area (Å²) in [6.45, 7) is 3.34. The highest BCUT2D eigenvalue weighted by Crippen LogP contribution is 2.52. The van der Waals surface area contributed by atoms with Crippen LogP contribution in [0.4, 0.5) is 0 Å². The summed E-state index contributed by atoms with van der Waals surface area (Å²) >= 11 is 0. The quantitative estimate of drug-likeness (QED) is 0.0614. The molecule has 0 radical (unpaired) electrons. The maximum Gasteiger partial charge on any atom is 0.306 e.